The Morgan fingerprint density at radius 3 is 2.50 bits per heavy atom. The van der Waals surface area contributed by atoms with Gasteiger partial charge in [0.15, 0.2) is 0 Å². The number of aromatic amines is 1. The Morgan fingerprint density at radius 1 is 1.17 bits per heavy atom. The normalized spacial score (nSPS) is 10.0. The molecule has 1 heterocycles. The lowest BCUT2D eigenvalue weighted by atomic mass is 10.2. The van der Waals surface area contributed by atoms with Gasteiger partial charge >= 0.3 is 0 Å². The maximum Gasteiger partial charge on any atom is 0.138 e. The topological polar surface area (TPSA) is 54.7 Å². The fraction of sp³-hybridized carbons (Fsp3) is 0. The van der Waals surface area contributed by atoms with Gasteiger partial charge < -0.3 is 10.7 Å². The lowest BCUT2D eigenvalue weighted by molar-refractivity contribution is 1.31. The summed E-state index contributed by atoms with van der Waals surface area (Å²) in [5.41, 5.74) is 6.55. The maximum absolute atomic E-state index is 5.50. The Bertz CT molecular complexity index is 364. The van der Waals surface area contributed by atoms with Crippen molar-refractivity contribution in [1.82, 2.24) is 9.97 Å². The number of rotatable bonds is 1. The van der Waals surface area contributed by atoms with Crippen molar-refractivity contribution in [3.8, 4) is 11.4 Å². The van der Waals surface area contributed by atoms with E-state index in [9.17, 15) is 0 Å². The van der Waals surface area contributed by atoms with Gasteiger partial charge in [0.05, 0.1) is 6.20 Å². The first kappa shape index (κ1) is 6.91. The van der Waals surface area contributed by atoms with E-state index in [4.69, 9.17) is 5.73 Å². The molecule has 0 aliphatic carbocycles. The molecule has 0 fully saturated rings. The van der Waals surface area contributed by atoms with E-state index in [0.717, 1.165) is 11.4 Å². The van der Waals surface area contributed by atoms with Crippen molar-refractivity contribution in [1.29, 1.82) is 0 Å². The predicted molar refractivity (Wildman–Crippen MR) is 48.4 cm³/mol. The summed E-state index contributed by atoms with van der Waals surface area (Å²) in [6.45, 7) is 0. The van der Waals surface area contributed by atoms with Crippen LogP contribution in [-0.2, 0) is 0 Å². The van der Waals surface area contributed by atoms with Crippen LogP contribution in [0, 0.1) is 0 Å². The minimum Gasteiger partial charge on any atom is -0.384 e. The molecule has 1 aromatic carbocycles. The summed E-state index contributed by atoms with van der Waals surface area (Å²) in [6.07, 6.45) is 1.61. The van der Waals surface area contributed by atoms with Crippen LogP contribution in [0.15, 0.2) is 36.5 Å². The Kier molecular flexibility index (Phi) is 1.55. The minimum absolute atomic E-state index is 0.592. The SMILES string of the molecule is Nc1cnc(-c2ccccc2)[nH]1. The smallest absolute Gasteiger partial charge is 0.138 e. The van der Waals surface area contributed by atoms with Crippen LogP contribution in [0.4, 0.5) is 5.82 Å². The van der Waals surface area contributed by atoms with E-state index < -0.39 is 0 Å². The van der Waals surface area contributed by atoms with Gasteiger partial charge in [0.1, 0.15) is 11.6 Å². The summed E-state index contributed by atoms with van der Waals surface area (Å²) in [4.78, 5) is 7.06. The number of nitrogen functional groups attached to an aromatic ring is 1. The Hall–Kier alpha value is -1.77. The first-order valence-corrected chi connectivity index (χ1v) is 3.72. The number of anilines is 1. The third-order valence-electron chi connectivity index (χ3n) is 1.64. The molecule has 1 aromatic heterocycles. The predicted octanol–water partition coefficient (Wildman–Crippen LogP) is 1.66. The van der Waals surface area contributed by atoms with Crippen LogP contribution >= 0.6 is 0 Å². The van der Waals surface area contributed by atoms with Crippen LogP contribution < -0.4 is 5.73 Å². The van der Waals surface area contributed by atoms with Gasteiger partial charge in [0.25, 0.3) is 0 Å². The fourth-order valence-electron chi connectivity index (χ4n) is 1.08. The van der Waals surface area contributed by atoms with Crippen LogP contribution in [0.1, 0.15) is 0 Å². The van der Waals surface area contributed by atoms with Crippen molar-refractivity contribution < 1.29 is 0 Å². The van der Waals surface area contributed by atoms with Gasteiger partial charge in [0.2, 0.25) is 0 Å². The van der Waals surface area contributed by atoms with Gasteiger partial charge in [-0.25, -0.2) is 4.98 Å². The van der Waals surface area contributed by atoms with Gasteiger partial charge in [-0.3, -0.25) is 0 Å². The highest BCUT2D eigenvalue weighted by Gasteiger charge is 1.98. The van der Waals surface area contributed by atoms with E-state index in [1.54, 1.807) is 6.20 Å². The molecule has 0 saturated carbocycles. The van der Waals surface area contributed by atoms with E-state index in [2.05, 4.69) is 9.97 Å². The monoisotopic (exact) mass is 159 g/mol. The van der Waals surface area contributed by atoms with E-state index in [0.29, 0.717) is 5.82 Å². The van der Waals surface area contributed by atoms with Crippen molar-refractivity contribution in [2.24, 2.45) is 0 Å². The van der Waals surface area contributed by atoms with Gasteiger partial charge in [-0.15, -0.1) is 0 Å². The summed E-state index contributed by atoms with van der Waals surface area (Å²) < 4.78 is 0. The second kappa shape index (κ2) is 2.70. The Morgan fingerprint density at radius 2 is 1.92 bits per heavy atom. The highest BCUT2D eigenvalue weighted by atomic mass is 15.0. The van der Waals surface area contributed by atoms with Crippen molar-refractivity contribution in [3.05, 3.63) is 36.5 Å². The molecule has 0 amide bonds. The number of nitrogens with two attached hydrogens (primary N) is 1. The number of hydrogen-bond donors (Lipinski definition) is 2. The van der Waals surface area contributed by atoms with Crippen molar-refractivity contribution in [3.63, 3.8) is 0 Å². The lowest BCUT2D eigenvalue weighted by Crippen LogP contribution is -1.83. The summed E-state index contributed by atoms with van der Waals surface area (Å²) >= 11 is 0. The van der Waals surface area contributed by atoms with Gasteiger partial charge in [-0.05, 0) is 0 Å². The summed E-state index contributed by atoms with van der Waals surface area (Å²) in [6, 6.07) is 9.87. The quantitative estimate of drug-likeness (QED) is 0.664. The second-order valence-corrected chi connectivity index (χ2v) is 2.55. The number of aromatic nitrogens is 2. The number of nitrogens with one attached hydrogen (secondary N) is 1. The molecule has 0 aliphatic heterocycles. The third kappa shape index (κ3) is 1.16. The molecular weight excluding hydrogens is 150 g/mol. The average molecular weight is 159 g/mol. The fourth-order valence-corrected chi connectivity index (χ4v) is 1.08. The first-order chi connectivity index (χ1) is 5.86. The molecule has 3 heteroatoms. The number of H-pyrrole nitrogens is 1. The Balaban J connectivity index is 2.45. The molecular formula is C9H9N3. The number of imidazole rings is 1. The largest absolute Gasteiger partial charge is 0.384 e. The zero-order chi connectivity index (χ0) is 8.39. The molecule has 12 heavy (non-hydrogen) atoms. The molecule has 0 radical (unpaired) electrons. The molecule has 3 nitrogen and oxygen atoms in total. The Labute approximate surface area is 70.3 Å². The van der Waals surface area contributed by atoms with E-state index in [-0.39, 0.29) is 0 Å². The van der Waals surface area contributed by atoms with Gasteiger partial charge in [-0.2, -0.15) is 0 Å². The molecule has 2 rings (SSSR count). The van der Waals surface area contributed by atoms with Crippen LogP contribution in [-0.4, -0.2) is 9.97 Å². The molecule has 3 N–H and O–H groups in total. The van der Waals surface area contributed by atoms with Gasteiger partial charge in [0, 0.05) is 5.56 Å². The van der Waals surface area contributed by atoms with Gasteiger partial charge in [-0.1, -0.05) is 30.3 Å². The zero-order valence-electron chi connectivity index (χ0n) is 6.49. The maximum atomic E-state index is 5.50. The van der Waals surface area contributed by atoms with Crippen molar-refractivity contribution in [2.75, 3.05) is 5.73 Å². The summed E-state index contributed by atoms with van der Waals surface area (Å²) in [7, 11) is 0. The van der Waals surface area contributed by atoms with Crippen molar-refractivity contribution >= 4 is 5.82 Å². The molecule has 0 saturated heterocycles. The second-order valence-electron chi connectivity index (χ2n) is 2.55. The number of nitrogens with zero attached hydrogens (tertiary/aromatic N) is 1. The molecule has 60 valence electrons. The minimum atomic E-state index is 0.592. The van der Waals surface area contributed by atoms with Crippen LogP contribution in [0.25, 0.3) is 11.4 Å². The molecule has 0 aliphatic rings. The highest BCUT2D eigenvalue weighted by Crippen LogP contribution is 2.14. The van der Waals surface area contributed by atoms with E-state index >= 15 is 0 Å². The van der Waals surface area contributed by atoms with Crippen LogP contribution in [0.3, 0.4) is 0 Å². The number of benzene rings is 1. The van der Waals surface area contributed by atoms with Crippen molar-refractivity contribution in [2.45, 2.75) is 0 Å². The van der Waals surface area contributed by atoms with E-state index in [1.165, 1.54) is 0 Å². The molecule has 0 unspecified atom stereocenters. The highest BCUT2D eigenvalue weighted by molar-refractivity contribution is 5.56. The molecule has 2 aromatic rings. The number of hydrogen-bond acceptors (Lipinski definition) is 2. The summed E-state index contributed by atoms with van der Waals surface area (Å²) in [5, 5.41) is 0. The standard InChI is InChI=1S/C9H9N3/c10-8-6-11-9(12-8)7-4-2-1-3-5-7/h1-6H,10H2,(H,11,12). The molecule has 0 spiro atoms. The van der Waals surface area contributed by atoms with Crippen LogP contribution in [0.5, 0.6) is 0 Å². The van der Waals surface area contributed by atoms with Crippen LogP contribution in [0.2, 0.25) is 0 Å². The molecule has 0 atom stereocenters. The molecule has 0 bridgehead atoms. The third-order valence-corrected chi connectivity index (χ3v) is 1.64. The first-order valence-electron chi connectivity index (χ1n) is 3.72. The lowest BCUT2D eigenvalue weighted by Gasteiger charge is -1.93. The van der Waals surface area contributed by atoms with E-state index in [1.807, 2.05) is 30.3 Å². The average Bonchev–Trinajstić information content (AvgIpc) is 2.54. The zero-order valence-corrected chi connectivity index (χ0v) is 6.49. The summed E-state index contributed by atoms with van der Waals surface area (Å²) in [5.74, 6) is 1.40.